The molecule has 0 atom stereocenters. The first-order chi connectivity index (χ1) is 6.65. The fourth-order valence-electron chi connectivity index (χ4n) is 1.20. The molecule has 0 aromatic heterocycles. The van der Waals surface area contributed by atoms with E-state index >= 15 is 0 Å². The van der Waals surface area contributed by atoms with E-state index in [9.17, 15) is 0 Å². The van der Waals surface area contributed by atoms with Crippen LogP contribution in [0.5, 0.6) is 0 Å². The molecule has 0 aliphatic heterocycles. The summed E-state index contributed by atoms with van der Waals surface area (Å²) in [6.07, 6.45) is 0. The zero-order valence-electron chi connectivity index (χ0n) is 8.29. The van der Waals surface area contributed by atoms with E-state index in [1.807, 2.05) is 24.3 Å². The van der Waals surface area contributed by atoms with E-state index in [0.717, 1.165) is 11.1 Å². The molecule has 74 valence electrons. The lowest BCUT2D eigenvalue weighted by molar-refractivity contribution is 0.280. The Morgan fingerprint density at radius 3 is 2.57 bits per heavy atom. The van der Waals surface area contributed by atoms with E-state index in [4.69, 9.17) is 9.84 Å². The first-order valence-corrected chi connectivity index (χ1v) is 4.36. The van der Waals surface area contributed by atoms with Crippen molar-refractivity contribution in [2.45, 2.75) is 13.5 Å². The highest BCUT2D eigenvalue weighted by atomic mass is 16.5. The van der Waals surface area contributed by atoms with Crippen LogP contribution < -0.4 is 0 Å². The van der Waals surface area contributed by atoms with Gasteiger partial charge < -0.3 is 9.84 Å². The molecule has 0 heterocycles. The van der Waals surface area contributed by atoms with Crippen molar-refractivity contribution >= 4 is 5.76 Å². The number of aliphatic hydroxyl groups is 1. The molecule has 0 fully saturated rings. The number of rotatable bonds is 4. The fraction of sp³-hybridized carbons (Fsp3) is 0.167. The Bertz CT molecular complexity index is 353. The summed E-state index contributed by atoms with van der Waals surface area (Å²) in [6, 6.07) is 7.43. The van der Waals surface area contributed by atoms with Crippen molar-refractivity contribution < 1.29 is 9.84 Å². The van der Waals surface area contributed by atoms with Gasteiger partial charge in [-0.25, -0.2) is 0 Å². The summed E-state index contributed by atoms with van der Waals surface area (Å²) in [6.45, 7) is 9.15. The van der Waals surface area contributed by atoms with Crippen LogP contribution in [0.4, 0.5) is 0 Å². The van der Waals surface area contributed by atoms with Gasteiger partial charge >= 0.3 is 0 Å². The monoisotopic (exact) mass is 190 g/mol. The number of hydrogen-bond donors (Lipinski definition) is 1. The molecule has 1 rings (SSSR count). The maximum atomic E-state index is 9.08. The Hall–Kier alpha value is -1.54. The van der Waals surface area contributed by atoms with E-state index < -0.39 is 0 Å². The van der Waals surface area contributed by atoms with Crippen LogP contribution in [0.25, 0.3) is 5.76 Å². The molecule has 0 unspecified atom stereocenters. The van der Waals surface area contributed by atoms with Crippen molar-refractivity contribution in [3.8, 4) is 0 Å². The summed E-state index contributed by atoms with van der Waals surface area (Å²) < 4.78 is 5.28. The van der Waals surface area contributed by atoms with Gasteiger partial charge in [-0.15, -0.1) is 0 Å². The molecule has 0 saturated carbocycles. The molecule has 2 heteroatoms. The van der Waals surface area contributed by atoms with Gasteiger partial charge in [0, 0.05) is 5.56 Å². The molecule has 1 N–H and O–H groups in total. The SMILES string of the molecule is C=C(C)OC(=C)c1ccccc1CO. The van der Waals surface area contributed by atoms with Crippen molar-refractivity contribution in [3.63, 3.8) is 0 Å². The van der Waals surface area contributed by atoms with Gasteiger partial charge in [0.25, 0.3) is 0 Å². The number of allylic oxidation sites excluding steroid dienone is 1. The second kappa shape index (κ2) is 4.63. The van der Waals surface area contributed by atoms with Crippen LogP contribution in [0.2, 0.25) is 0 Å². The smallest absolute Gasteiger partial charge is 0.127 e. The summed E-state index contributed by atoms with van der Waals surface area (Å²) in [7, 11) is 0. The third-order valence-corrected chi connectivity index (χ3v) is 1.79. The second-order valence-corrected chi connectivity index (χ2v) is 3.04. The first kappa shape index (κ1) is 10.5. The van der Waals surface area contributed by atoms with Crippen molar-refractivity contribution in [1.82, 2.24) is 0 Å². The second-order valence-electron chi connectivity index (χ2n) is 3.04. The lowest BCUT2D eigenvalue weighted by atomic mass is 10.1. The molecule has 1 aromatic rings. The lowest BCUT2D eigenvalue weighted by Gasteiger charge is -2.11. The normalized spacial score (nSPS) is 9.57. The van der Waals surface area contributed by atoms with Gasteiger partial charge in [-0.1, -0.05) is 37.4 Å². The Balaban J connectivity index is 2.94. The predicted octanol–water partition coefficient (Wildman–Crippen LogP) is 2.70. The third-order valence-electron chi connectivity index (χ3n) is 1.79. The standard InChI is InChI=1S/C12H14O2/c1-9(2)14-10(3)12-7-5-4-6-11(12)8-13/h4-7,13H,1,3,8H2,2H3. The number of benzene rings is 1. The molecule has 0 aliphatic carbocycles. The van der Waals surface area contributed by atoms with Gasteiger partial charge in [-0.3, -0.25) is 0 Å². The topological polar surface area (TPSA) is 29.5 Å². The molecule has 1 aromatic carbocycles. The molecular formula is C12H14O2. The van der Waals surface area contributed by atoms with E-state index in [-0.39, 0.29) is 6.61 Å². The van der Waals surface area contributed by atoms with Crippen molar-refractivity contribution in [2.75, 3.05) is 0 Å². The Kier molecular flexibility index (Phi) is 3.48. The van der Waals surface area contributed by atoms with Crippen LogP contribution in [0.1, 0.15) is 18.1 Å². The van der Waals surface area contributed by atoms with Crippen LogP contribution in [0, 0.1) is 0 Å². The number of hydrogen-bond acceptors (Lipinski definition) is 2. The highest BCUT2D eigenvalue weighted by Crippen LogP contribution is 2.20. The minimum Gasteiger partial charge on any atom is -0.463 e. The first-order valence-electron chi connectivity index (χ1n) is 4.36. The Labute approximate surface area is 84.1 Å². The summed E-state index contributed by atoms with van der Waals surface area (Å²) in [4.78, 5) is 0. The van der Waals surface area contributed by atoms with Crippen LogP contribution >= 0.6 is 0 Å². The van der Waals surface area contributed by atoms with Gasteiger partial charge in [-0.05, 0) is 12.5 Å². The van der Waals surface area contributed by atoms with Crippen LogP contribution in [-0.4, -0.2) is 5.11 Å². The summed E-state index contributed by atoms with van der Waals surface area (Å²) in [5, 5.41) is 9.08. The molecule has 0 bridgehead atoms. The minimum absolute atomic E-state index is 0.0191. The van der Waals surface area contributed by atoms with Gasteiger partial charge in [0.05, 0.1) is 12.4 Å². The largest absolute Gasteiger partial charge is 0.463 e. The number of aliphatic hydroxyl groups excluding tert-OH is 1. The molecule has 0 amide bonds. The zero-order chi connectivity index (χ0) is 10.6. The van der Waals surface area contributed by atoms with Crippen molar-refractivity contribution in [2.24, 2.45) is 0 Å². The highest BCUT2D eigenvalue weighted by molar-refractivity contribution is 5.61. The summed E-state index contributed by atoms with van der Waals surface area (Å²) >= 11 is 0. The van der Waals surface area contributed by atoms with Gasteiger partial charge in [-0.2, -0.15) is 0 Å². The third kappa shape index (κ3) is 2.47. The van der Waals surface area contributed by atoms with Crippen LogP contribution in [0.3, 0.4) is 0 Å². The summed E-state index contributed by atoms with van der Waals surface area (Å²) in [5.74, 6) is 1.10. The lowest BCUT2D eigenvalue weighted by Crippen LogP contribution is -1.94. The molecule has 0 radical (unpaired) electrons. The van der Waals surface area contributed by atoms with Crippen molar-refractivity contribution in [1.29, 1.82) is 0 Å². The zero-order valence-corrected chi connectivity index (χ0v) is 8.29. The quantitative estimate of drug-likeness (QED) is 0.740. The Morgan fingerprint density at radius 2 is 2.00 bits per heavy atom. The fourth-order valence-corrected chi connectivity index (χ4v) is 1.20. The van der Waals surface area contributed by atoms with Crippen LogP contribution in [0.15, 0.2) is 43.2 Å². The van der Waals surface area contributed by atoms with Gasteiger partial charge in [0.1, 0.15) is 5.76 Å². The average molecular weight is 190 g/mol. The molecule has 0 aliphatic rings. The summed E-state index contributed by atoms with van der Waals surface area (Å²) in [5.41, 5.74) is 1.62. The molecular weight excluding hydrogens is 176 g/mol. The Morgan fingerprint density at radius 1 is 1.36 bits per heavy atom. The molecule has 0 spiro atoms. The van der Waals surface area contributed by atoms with E-state index in [1.165, 1.54) is 0 Å². The van der Waals surface area contributed by atoms with E-state index in [0.29, 0.717) is 11.5 Å². The minimum atomic E-state index is -0.0191. The number of ether oxygens (including phenoxy) is 1. The predicted molar refractivity (Wildman–Crippen MR) is 57.3 cm³/mol. The maximum absolute atomic E-state index is 9.08. The maximum Gasteiger partial charge on any atom is 0.127 e. The van der Waals surface area contributed by atoms with Gasteiger partial charge in [0.15, 0.2) is 0 Å². The van der Waals surface area contributed by atoms with Crippen molar-refractivity contribution in [3.05, 3.63) is 54.3 Å². The molecule has 14 heavy (non-hydrogen) atoms. The van der Waals surface area contributed by atoms with Crippen LogP contribution in [-0.2, 0) is 11.3 Å². The van der Waals surface area contributed by atoms with E-state index in [2.05, 4.69) is 13.2 Å². The highest BCUT2D eigenvalue weighted by Gasteiger charge is 2.05. The molecule has 0 saturated heterocycles. The van der Waals surface area contributed by atoms with E-state index in [1.54, 1.807) is 6.92 Å². The average Bonchev–Trinajstić information content (AvgIpc) is 2.16. The molecule has 2 nitrogen and oxygen atoms in total. The van der Waals surface area contributed by atoms with Gasteiger partial charge in [0.2, 0.25) is 0 Å².